The largest absolute Gasteiger partial charge is 0.440 e. The minimum atomic E-state index is -0.345. The minimum Gasteiger partial charge on any atom is -0.440 e. The van der Waals surface area contributed by atoms with E-state index in [-0.39, 0.29) is 17.3 Å². The highest BCUT2D eigenvalue weighted by atomic mass is 16.4. The molecule has 0 unspecified atom stereocenters. The van der Waals surface area contributed by atoms with Crippen molar-refractivity contribution in [1.82, 2.24) is 28.6 Å². The molecule has 1 atom stereocenters. The number of likely N-dealkylation sites (tertiary alicyclic amines) is 1. The average Bonchev–Trinajstić information content (AvgIpc) is 3.68. The maximum Gasteiger partial charge on any atom is 0.332 e. The van der Waals surface area contributed by atoms with E-state index in [1.807, 2.05) is 41.1 Å². The van der Waals surface area contributed by atoms with Crippen molar-refractivity contribution in [1.29, 1.82) is 0 Å². The number of hydrogen-bond acceptors (Lipinski definition) is 8. The Morgan fingerprint density at radius 1 is 1.05 bits per heavy atom. The van der Waals surface area contributed by atoms with Crippen molar-refractivity contribution in [3.05, 3.63) is 63.3 Å². The number of imidazole rings is 1. The number of nitrogens with two attached hydrogens (primary N) is 1. The Balaban J connectivity index is 1.14. The van der Waals surface area contributed by atoms with E-state index in [1.54, 1.807) is 14.0 Å². The molecule has 0 aliphatic carbocycles. The molecule has 6 rings (SSSR count). The molecular formula is C32H40N8O3. The quantitative estimate of drug-likeness (QED) is 0.314. The molecule has 11 heteroatoms. The zero-order valence-electron chi connectivity index (χ0n) is 25.0. The van der Waals surface area contributed by atoms with E-state index in [9.17, 15) is 9.59 Å². The van der Waals surface area contributed by atoms with Crippen molar-refractivity contribution in [2.75, 3.05) is 37.6 Å². The molecule has 1 aromatic carbocycles. The fourth-order valence-electron chi connectivity index (χ4n) is 6.37. The number of oxazole rings is 1. The number of hydrogen-bond donors (Lipinski definition) is 1. The topological polar surface area (TPSA) is 120 Å². The van der Waals surface area contributed by atoms with Crippen LogP contribution in [0.4, 0.5) is 5.95 Å². The highest BCUT2D eigenvalue weighted by Crippen LogP contribution is 2.30. The molecule has 226 valence electrons. The number of nitrogens with zero attached hydrogens (tertiary/aromatic N) is 7. The van der Waals surface area contributed by atoms with Gasteiger partial charge < -0.3 is 20.0 Å². The van der Waals surface area contributed by atoms with E-state index in [2.05, 4.69) is 26.6 Å². The fraction of sp³-hybridized carbons (Fsp3) is 0.500. The molecule has 2 aliphatic rings. The van der Waals surface area contributed by atoms with Crippen LogP contribution >= 0.6 is 0 Å². The summed E-state index contributed by atoms with van der Waals surface area (Å²) in [5, 5.41) is 0. The number of fused-ring (bicyclic) bond motifs is 1. The summed E-state index contributed by atoms with van der Waals surface area (Å²) < 4.78 is 10.8. The molecule has 2 aliphatic heterocycles. The maximum absolute atomic E-state index is 13.8. The van der Waals surface area contributed by atoms with Crippen LogP contribution < -0.4 is 21.9 Å². The van der Waals surface area contributed by atoms with E-state index in [1.165, 1.54) is 9.13 Å². The van der Waals surface area contributed by atoms with Crippen molar-refractivity contribution in [2.24, 2.45) is 12.8 Å². The molecule has 43 heavy (non-hydrogen) atoms. The highest BCUT2D eigenvalue weighted by molar-refractivity contribution is 5.75. The van der Waals surface area contributed by atoms with Crippen LogP contribution in [0.2, 0.25) is 0 Å². The fourth-order valence-corrected chi connectivity index (χ4v) is 6.37. The van der Waals surface area contributed by atoms with Gasteiger partial charge in [-0.25, -0.2) is 9.78 Å². The molecule has 11 nitrogen and oxygen atoms in total. The van der Waals surface area contributed by atoms with Crippen LogP contribution in [0.15, 0.2) is 50.5 Å². The standard InChI is InChI=1S/C32H40N8O3/c1-3-4-17-39-27-28(35-31(39)38-16-8-12-25(33)22-38)36(2)32(42)40(30(27)41)18-9-15-37-19-13-24(14-20-37)29-34-21-26(43-29)23-10-6-5-7-11-23/h5-7,10-11,21,24-25H,8-9,12-20,22,33H2,1-2H3/t25-/m1/s1. The Labute approximate surface area is 250 Å². The first-order valence-corrected chi connectivity index (χ1v) is 15.3. The lowest BCUT2D eigenvalue weighted by Gasteiger charge is -2.31. The molecule has 0 spiro atoms. The van der Waals surface area contributed by atoms with Crippen LogP contribution in [0.25, 0.3) is 22.5 Å². The molecule has 0 radical (unpaired) electrons. The van der Waals surface area contributed by atoms with Crippen molar-refractivity contribution in [2.45, 2.75) is 64.1 Å². The van der Waals surface area contributed by atoms with Crippen LogP contribution in [0.3, 0.4) is 0 Å². The van der Waals surface area contributed by atoms with E-state index in [0.29, 0.717) is 49.1 Å². The number of aryl methyl sites for hydroxylation is 1. The summed E-state index contributed by atoms with van der Waals surface area (Å²) in [6.07, 6.45) is 6.35. The number of benzene rings is 1. The second-order valence-electron chi connectivity index (χ2n) is 11.6. The third-order valence-corrected chi connectivity index (χ3v) is 8.74. The summed E-state index contributed by atoms with van der Waals surface area (Å²) >= 11 is 0. The summed E-state index contributed by atoms with van der Waals surface area (Å²) in [4.78, 5) is 41.0. The smallest absolute Gasteiger partial charge is 0.332 e. The Morgan fingerprint density at radius 3 is 2.58 bits per heavy atom. The van der Waals surface area contributed by atoms with Gasteiger partial charge in [0.2, 0.25) is 5.95 Å². The predicted molar refractivity (Wildman–Crippen MR) is 167 cm³/mol. The van der Waals surface area contributed by atoms with E-state index in [0.717, 1.165) is 69.1 Å². The molecule has 2 N–H and O–H groups in total. The van der Waals surface area contributed by atoms with Gasteiger partial charge in [-0.15, -0.1) is 5.92 Å². The Kier molecular flexibility index (Phi) is 8.49. The third-order valence-electron chi connectivity index (χ3n) is 8.74. The number of aromatic nitrogens is 5. The van der Waals surface area contributed by atoms with Gasteiger partial charge in [0.25, 0.3) is 5.56 Å². The van der Waals surface area contributed by atoms with Crippen LogP contribution in [-0.2, 0) is 20.1 Å². The number of piperidine rings is 2. The summed E-state index contributed by atoms with van der Waals surface area (Å²) in [5.41, 5.74) is 7.44. The van der Waals surface area contributed by atoms with Crippen LogP contribution in [-0.4, -0.2) is 67.3 Å². The van der Waals surface area contributed by atoms with Gasteiger partial charge in [-0.3, -0.25) is 18.5 Å². The van der Waals surface area contributed by atoms with Crippen LogP contribution in [0, 0.1) is 11.8 Å². The first-order valence-electron chi connectivity index (χ1n) is 15.3. The van der Waals surface area contributed by atoms with Crippen LogP contribution in [0.5, 0.6) is 0 Å². The number of anilines is 1. The van der Waals surface area contributed by atoms with Gasteiger partial charge >= 0.3 is 5.69 Å². The molecule has 5 heterocycles. The summed E-state index contributed by atoms with van der Waals surface area (Å²) in [7, 11) is 1.69. The Bertz CT molecular complexity index is 1750. The second kappa shape index (κ2) is 12.6. The Morgan fingerprint density at radius 2 is 1.84 bits per heavy atom. The maximum atomic E-state index is 13.8. The predicted octanol–water partition coefficient (Wildman–Crippen LogP) is 2.77. The molecule has 2 fully saturated rings. The zero-order chi connectivity index (χ0) is 29.9. The van der Waals surface area contributed by atoms with Gasteiger partial charge in [-0.1, -0.05) is 36.3 Å². The SMILES string of the molecule is CC#CCn1c(N2CCC[C@@H](N)C2)nc2c1c(=O)n(CCCN1CCC(c3ncc(-c4ccccc4)o3)CC1)c(=O)n2C. The van der Waals surface area contributed by atoms with Gasteiger partial charge in [0.15, 0.2) is 22.8 Å². The molecule has 3 aromatic heterocycles. The Hall–Kier alpha value is -4.14. The van der Waals surface area contributed by atoms with Crippen molar-refractivity contribution in [3.63, 3.8) is 0 Å². The van der Waals surface area contributed by atoms with Gasteiger partial charge in [0.1, 0.15) is 0 Å². The first kappa shape index (κ1) is 29.0. The van der Waals surface area contributed by atoms with E-state index in [4.69, 9.17) is 15.1 Å². The molecule has 2 saturated heterocycles. The average molecular weight is 585 g/mol. The van der Waals surface area contributed by atoms with Crippen molar-refractivity contribution in [3.8, 4) is 23.2 Å². The van der Waals surface area contributed by atoms with Gasteiger partial charge in [0.05, 0.1) is 12.7 Å². The van der Waals surface area contributed by atoms with Gasteiger partial charge in [-0.2, -0.15) is 4.98 Å². The summed E-state index contributed by atoms with van der Waals surface area (Å²) in [6, 6.07) is 10.1. The lowest BCUT2D eigenvalue weighted by molar-refractivity contribution is 0.195. The van der Waals surface area contributed by atoms with Crippen molar-refractivity contribution < 1.29 is 4.42 Å². The zero-order valence-corrected chi connectivity index (χ0v) is 25.0. The lowest BCUT2D eigenvalue weighted by Crippen LogP contribution is -2.44. The normalized spacial score (nSPS) is 18.2. The van der Waals surface area contributed by atoms with Gasteiger partial charge in [-0.05, 0) is 58.7 Å². The first-order chi connectivity index (χ1) is 20.9. The van der Waals surface area contributed by atoms with E-state index >= 15 is 0 Å². The monoisotopic (exact) mass is 584 g/mol. The van der Waals surface area contributed by atoms with Crippen molar-refractivity contribution >= 4 is 17.1 Å². The second-order valence-corrected chi connectivity index (χ2v) is 11.6. The van der Waals surface area contributed by atoms with E-state index < -0.39 is 0 Å². The molecule has 0 amide bonds. The molecule has 0 bridgehead atoms. The van der Waals surface area contributed by atoms with Gasteiger partial charge in [0, 0.05) is 44.2 Å². The highest BCUT2D eigenvalue weighted by Gasteiger charge is 2.27. The third kappa shape index (κ3) is 5.90. The molecule has 4 aromatic rings. The minimum absolute atomic E-state index is 0.0481. The van der Waals surface area contributed by atoms with Crippen LogP contribution in [0.1, 0.15) is 50.8 Å². The lowest BCUT2D eigenvalue weighted by atomic mass is 9.97. The summed E-state index contributed by atoms with van der Waals surface area (Å²) in [5.74, 6) is 8.57. The summed E-state index contributed by atoms with van der Waals surface area (Å²) in [6.45, 7) is 6.56. The number of rotatable bonds is 8. The molecule has 0 saturated carbocycles. The molecular weight excluding hydrogens is 544 g/mol.